The van der Waals surface area contributed by atoms with E-state index in [9.17, 15) is 25.1 Å². The fraction of sp³-hybridized carbons (Fsp3) is 0.268. The van der Waals surface area contributed by atoms with Crippen molar-refractivity contribution in [2.24, 2.45) is 0 Å². The number of hydrogen-bond acceptors (Lipinski definition) is 11. The number of nitriles is 1. The number of carboxylic acid groups (broad SMARTS) is 1. The molecule has 5 N–H and O–H groups in total. The first kappa shape index (κ1) is 37.3. The monoisotopic (exact) mass is 759 g/mol. The van der Waals surface area contributed by atoms with Crippen LogP contribution in [-0.2, 0) is 23.4 Å². The molecule has 13 nitrogen and oxygen atoms in total. The Morgan fingerprint density at radius 1 is 1.15 bits per heavy atom. The van der Waals surface area contributed by atoms with Crippen molar-refractivity contribution in [3.05, 3.63) is 130 Å². The normalized spacial score (nSPS) is 18.3. The molecular formula is C41H38ClN7O6. The molecule has 0 radical (unpaired) electrons. The highest BCUT2D eigenvalue weighted by Crippen LogP contribution is 2.44. The standard InChI is InChI=1S/C41H38ClN7O6/c1-23-6-3-4-7-29(23)30-8-5-12-41(37(30)42,49-38(51)33-17-31(25-9-10-25)27(20-46-33)21-47-34(22-50)39(52)53)40-48-32-15-24(14-26(18-43)36(32)55-40)19-45-28-11-13-44-35(16-28)54-2/h3-8,11-17,20,25,34,37,47,50H,9-10,19,21-22H2,1-2H3,(H,44,45)(H,49,51)(H,52,53). The van der Waals surface area contributed by atoms with E-state index in [1.165, 1.54) is 0 Å². The summed E-state index contributed by atoms with van der Waals surface area (Å²) in [5.41, 5.74) is 5.26. The third-order valence-corrected chi connectivity index (χ3v) is 10.4. The Balaban J connectivity index is 1.26. The molecule has 0 aliphatic heterocycles. The van der Waals surface area contributed by atoms with E-state index in [0.717, 1.165) is 51.9 Å². The van der Waals surface area contributed by atoms with Crippen LogP contribution in [0, 0.1) is 18.3 Å². The zero-order valence-electron chi connectivity index (χ0n) is 30.0. The number of allylic oxidation sites excluding steroid dienone is 2. The number of rotatable bonds is 14. The van der Waals surface area contributed by atoms with Crippen molar-refractivity contribution in [1.82, 2.24) is 25.6 Å². The van der Waals surface area contributed by atoms with Gasteiger partial charge >= 0.3 is 5.97 Å². The molecule has 14 heteroatoms. The first-order valence-corrected chi connectivity index (χ1v) is 18.1. The highest BCUT2D eigenvalue weighted by atomic mass is 35.5. The number of amides is 1. The SMILES string of the molecule is COc1cc(NCc2cc(C#N)c3oc(C4(NC(=O)c5cc(C6CC6)c(CNC(CO)C(=O)O)cn5)C=CC=C(c5ccccc5C)C4Cl)nc3c2)ccn1. The predicted molar refractivity (Wildman–Crippen MR) is 205 cm³/mol. The minimum atomic E-state index is -1.53. The number of nitrogens with one attached hydrogen (secondary N) is 3. The van der Waals surface area contributed by atoms with Crippen LogP contribution < -0.4 is 20.7 Å². The molecule has 1 saturated carbocycles. The number of aliphatic hydroxyl groups excluding tert-OH is 1. The summed E-state index contributed by atoms with van der Waals surface area (Å²) >= 11 is 7.46. The van der Waals surface area contributed by atoms with Crippen LogP contribution in [0.3, 0.4) is 0 Å². The molecule has 55 heavy (non-hydrogen) atoms. The first-order valence-electron chi connectivity index (χ1n) is 17.7. The Labute approximate surface area is 321 Å². The van der Waals surface area contributed by atoms with Crippen molar-refractivity contribution in [1.29, 1.82) is 5.26 Å². The van der Waals surface area contributed by atoms with Crippen molar-refractivity contribution in [3.63, 3.8) is 0 Å². The number of hydrogen-bond donors (Lipinski definition) is 5. The number of methoxy groups -OCH3 is 1. The summed E-state index contributed by atoms with van der Waals surface area (Å²) in [7, 11) is 1.54. The van der Waals surface area contributed by atoms with Gasteiger partial charge in [0.25, 0.3) is 5.91 Å². The summed E-state index contributed by atoms with van der Waals surface area (Å²) < 4.78 is 11.7. The number of carboxylic acids is 1. The number of aliphatic hydroxyl groups is 1. The van der Waals surface area contributed by atoms with E-state index in [4.69, 9.17) is 25.7 Å². The molecule has 0 bridgehead atoms. The lowest BCUT2D eigenvalue weighted by atomic mass is 9.81. The maximum atomic E-state index is 14.4. The van der Waals surface area contributed by atoms with Gasteiger partial charge in [0.1, 0.15) is 23.3 Å². The smallest absolute Gasteiger partial charge is 0.323 e. The van der Waals surface area contributed by atoms with Gasteiger partial charge in [0.05, 0.1) is 24.7 Å². The van der Waals surface area contributed by atoms with Gasteiger partial charge in [-0.05, 0) is 89.4 Å². The van der Waals surface area contributed by atoms with Gasteiger partial charge in [-0.25, -0.2) is 9.97 Å². The molecule has 3 heterocycles. The third kappa shape index (κ3) is 7.65. The molecule has 3 aromatic heterocycles. The van der Waals surface area contributed by atoms with E-state index in [-0.39, 0.29) is 35.2 Å². The first-order chi connectivity index (χ1) is 26.6. The van der Waals surface area contributed by atoms with Crippen molar-refractivity contribution >= 4 is 45.8 Å². The van der Waals surface area contributed by atoms with Gasteiger partial charge in [0, 0.05) is 37.2 Å². The fourth-order valence-corrected chi connectivity index (χ4v) is 7.14. The highest BCUT2D eigenvalue weighted by molar-refractivity contribution is 6.28. The number of anilines is 1. The number of aliphatic carboxylic acids is 1. The van der Waals surface area contributed by atoms with E-state index in [1.54, 1.807) is 55.9 Å². The van der Waals surface area contributed by atoms with Crippen LogP contribution in [0.15, 0.2) is 89.6 Å². The van der Waals surface area contributed by atoms with Gasteiger partial charge in [0.2, 0.25) is 11.8 Å². The second-order valence-electron chi connectivity index (χ2n) is 13.5. The zero-order chi connectivity index (χ0) is 38.7. The number of pyridine rings is 2. The summed E-state index contributed by atoms with van der Waals surface area (Å²) in [5.74, 6) is -0.976. The number of alkyl halides is 1. The lowest BCUT2D eigenvalue weighted by Crippen LogP contribution is -2.52. The van der Waals surface area contributed by atoms with Gasteiger partial charge < -0.3 is 30.0 Å². The molecule has 2 aliphatic carbocycles. The molecule has 1 fully saturated rings. The number of fused-ring (bicyclic) bond motifs is 1. The van der Waals surface area contributed by atoms with Crippen molar-refractivity contribution in [2.75, 3.05) is 19.0 Å². The maximum absolute atomic E-state index is 14.4. The van der Waals surface area contributed by atoms with Crippen LogP contribution in [0.5, 0.6) is 5.88 Å². The van der Waals surface area contributed by atoms with Crippen LogP contribution in [0.2, 0.25) is 0 Å². The topological polar surface area (TPSA) is 196 Å². The average Bonchev–Trinajstić information content (AvgIpc) is 3.95. The van der Waals surface area contributed by atoms with E-state index >= 15 is 0 Å². The van der Waals surface area contributed by atoms with Gasteiger partial charge in [-0.3, -0.25) is 19.9 Å². The van der Waals surface area contributed by atoms with Crippen LogP contribution in [-0.4, -0.2) is 62.2 Å². The molecule has 1 amide bonds. The van der Waals surface area contributed by atoms with Gasteiger partial charge in [0.15, 0.2) is 11.1 Å². The largest absolute Gasteiger partial charge is 0.481 e. The lowest BCUT2D eigenvalue weighted by Gasteiger charge is -2.36. The Kier molecular flexibility index (Phi) is 10.7. The molecule has 0 spiro atoms. The molecule has 3 unspecified atom stereocenters. The number of benzene rings is 2. The molecule has 5 aromatic rings. The van der Waals surface area contributed by atoms with Crippen LogP contribution in [0.4, 0.5) is 5.69 Å². The van der Waals surface area contributed by atoms with E-state index < -0.39 is 35.4 Å². The molecule has 2 aliphatic rings. The molecule has 280 valence electrons. The van der Waals surface area contributed by atoms with E-state index in [2.05, 4.69) is 32.0 Å². The minimum absolute atomic E-state index is 0.0821. The highest BCUT2D eigenvalue weighted by Gasteiger charge is 2.47. The van der Waals surface area contributed by atoms with E-state index in [0.29, 0.717) is 17.9 Å². The van der Waals surface area contributed by atoms with Crippen LogP contribution in [0.1, 0.15) is 68.5 Å². The Morgan fingerprint density at radius 3 is 2.69 bits per heavy atom. The van der Waals surface area contributed by atoms with Crippen molar-refractivity contribution < 1.29 is 29.0 Å². The second-order valence-corrected chi connectivity index (χ2v) is 14.0. The number of carbonyl (C=O) groups is 2. The number of carbonyl (C=O) groups excluding carboxylic acids is 1. The fourth-order valence-electron chi connectivity index (χ4n) is 6.73. The van der Waals surface area contributed by atoms with Crippen molar-refractivity contribution in [3.8, 4) is 11.9 Å². The second kappa shape index (κ2) is 15.7. The van der Waals surface area contributed by atoms with E-state index in [1.807, 2.05) is 43.3 Å². The molecule has 2 aromatic carbocycles. The third-order valence-electron chi connectivity index (χ3n) is 9.84. The number of nitrogens with zero attached hydrogens (tertiary/aromatic N) is 4. The van der Waals surface area contributed by atoms with Crippen LogP contribution >= 0.6 is 11.6 Å². The van der Waals surface area contributed by atoms with Gasteiger partial charge in [-0.1, -0.05) is 36.4 Å². The molecule has 3 atom stereocenters. The molecular weight excluding hydrogens is 722 g/mol. The Morgan fingerprint density at radius 2 is 1.96 bits per heavy atom. The number of oxazole rings is 1. The Hall–Kier alpha value is -6.07. The van der Waals surface area contributed by atoms with Crippen molar-refractivity contribution in [2.45, 2.75) is 55.7 Å². The molecule has 7 rings (SSSR count). The summed E-state index contributed by atoms with van der Waals surface area (Å²) in [6.45, 7) is 1.92. The number of ether oxygens (including phenoxy) is 1. The number of halogens is 1. The Bertz CT molecular complexity index is 2380. The number of aryl methyl sites for hydroxylation is 1. The minimum Gasteiger partial charge on any atom is -0.481 e. The average molecular weight is 760 g/mol. The summed E-state index contributed by atoms with van der Waals surface area (Å²) in [6.07, 6.45) is 10.5. The van der Waals surface area contributed by atoms with Gasteiger partial charge in [-0.2, -0.15) is 5.26 Å². The quantitative estimate of drug-likeness (QED) is 0.0866. The lowest BCUT2D eigenvalue weighted by molar-refractivity contribution is -0.140. The summed E-state index contributed by atoms with van der Waals surface area (Å²) in [6, 6.07) is 17.7. The maximum Gasteiger partial charge on any atom is 0.323 e. The number of aromatic nitrogens is 3. The zero-order valence-corrected chi connectivity index (χ0v) is 30.8. The van der Waals surface area contributed by atoms with Gasteiger partial charge in [-0.15, -0.1) is 11.6 Å². The molecule has 0 saturated heterocycles. The van der Waals surface area contributed by atoms with Crippen LogP contribution in [0.25, 0.3) is 16.7 Å². The predicted octanol–water partition coefficient (Wildman–Crippen LogP) is 5.72. The summed E-state index contributed by atoms with van der Waals surface area (Å²) in [5, 5.41) is 37.5. The summed E-state index contributed by atoms with van der Waals surface area (Å²) in [4.78, 5) is 39.4.